The molecule has 0 amide bonds. The second-order valence-electron chi connectivity index (χ2n) is 1.33. The molecule has 1 heterocycles. The van der Waals surface area contributed by atoms with Crippen molar-refractivity contribution in [1.82, 2.24) is 9.97 Å². The van der Waals surface area contributed by atoms with Crippen molar-refractivity contribution in [2.45, 2.75) is 5.88 Å². The van der Waals surface area contributed by atoms with Crippen molar-refractivity contribution in [1.29, 1.82) is 0 Å². The monoisotopic (exact) mass is 164 g/mol. The first kappa shape index (κ1) is 8.66. The topological polar surface area (TPSA) is 25.8 Å². The molecule has 0 aliphatic heterocycles. The van der Waals surface area contributed by atoms with E-state index in [0.29, 0.717) is 5.88 Å². The molecule has 0 radical (unpaired) electrons. The van der Waals surface area contributed by atoms with Crippen molar-refractivity contribution >= 4 is 24.0 Å². The summed E-state index contributed by atoms with van der Waals surface area (Å²) >= 11 is 5.44. The van der Waals surface area contributed by atoms with Gasteiger partial charge in [0.1, 0.15) is 6.33 Å². The Morgan fingerprint density at radius 2 is 2.33 bits per heavy atom. The predicted molar refractivity (Wildman–Crippen MR) is 38.8 cm³/mol. The largest absolute Gasteiger partial charge is 0.245 e. The normalized spacial score (nSPS) is 8.11. The second kappa shape index (κ2) is 4.53. The molecule has 0 bridgehead atoms. The van der Waals surface area contributed by atoms with E-state index in [1.165, 1.54) is 6.33 Å². The number of hydrogen-bond acceptors (Lipinski definition) is 2. The van der Waals surface area contributed by atoms with Crippen LogP contribution >= 0.6 is 24.0 Å². The van der Waals surface area contributed by atoms with E-state index in [1.807, 2.05) is 0 Å². The number of alkyl halides is 1. The Balaban J connectivity index is 0.000000640. The molecule has 0 atom stereocenters. The summed E-state index contributed by atoms with van der Waals surface area (Å²) < 4.78 is 0. The lowest BCUT2D eigenvalue weighted by Gasteiger charge is -1.86. The predicted octanol–water partition coefficient (Wildman–Crippen LogP) is 1.64. The number of aromatic nitrogens is 2. The zero-order valence-corrected chi connectivity index (χ0v) is 6.19. The summed E-state index contributed by atoms with van der Waals surface area (Å²) in [6.07, 6.45) is 3.16. The Labute approximate surface area is 64.7 Å². The summed E-state index contributed by atoms with van der Waals surface area (Å²) in [4.78, 5) is 7.58. The molecule has 4 heteroatoms. The van der Waals surface area contributed by atoms with E-state index in [4.69, 9.17) is 11.6 Å². The lowest BCUT2D eigenvalue weighted by molar-refractivity contribution is 1.08. The second-order valence-corrected chi connectivity index (χ2v) is 1.60. The van der Waals surface area contributed by atoms with E-state index in [-0.39, 0.29) is 12.4 Å². The van der Waals surface area contributed by atoms with Gasteiger partial charge in [-0.15, -0.1) is 24.0 Å². The lowest BCUT2D eigenvalue weighted by atomic mass is 10.5. The SMILES string of the molecule is Cl.ClCc1ccncn1. The van der Waals surface area contributed by atoms with E-state index in [0.717, 1.165) is 5.69 Å². The Morgan fingerprint density at radius 3 is 2.67 bits per heavy atom. The van der Waals surface area contributed by atoms with Gasteiger partial charge < -0.3 is 0 Å². The van der Waals surface area contributed by atoms with Crippen molar-refractivity contribution < 1.29 is 0 Å². The molecule has 0 saturated carbocycles. The Kier molecular flexibility index (Phi) is 4.36. The molecule has 2 nitrogen and oxygen atoms in total. The Bertz CT molecular complexity index is 154. The first-order valence-electron chi connectivity index (χ1n) is 2.24. The minimum absolute atomic E-state index is 0. The summed E-state index contributed by atoms with van der Waals surface area (Å²) in [6.45, 7) is 0. The summed E-state index contributed by atoms with van der Waals surface area (Å²) in [7, 11) is 0. The third-order valence-electron chi connectivity index (χ3n) is 0.780. The smallest absolute Gasteiger partial charge is 0.115 e. The quantitative estimate of drug-likeness (QED) is 0.591. The standard InChI is InChI=1S/C5H5ClN2.ClH/c6-3-5-1-2-7-4-8-5;/h1-2,4H,3H2;1H. The zero-order chi connectivity index (χ0) is 5.82. The van der Waals surface area contributed by atoms with Gasteiger partial charge >= 0.3 is 0 Å². The van der Waals surface area contributed by atoms with Gasteiger partial charge in [-0.2, -0.15) is 0 Å². The molecule has 0 aliphatic rings. The van der Waals surface area contributed by atoms with Crippen LogP contribution in [0.25, 0.3) is 0 Å². The van der Waals surface area contributed by atoms with Gasteiger partial charge in [0.2, 0.25) is 0 Å². The van der Waals surface area contributed by atoms with Crippen LogP contribution in [0.5, 0.6) is 0 Å². The van der Waals surface area contributed by atoms with Crippen molar-refractivity contribution in [2.24, 2.45) is 0 Å². The van der Waals surface area contributed by atoms with E-state index in [1.54, 1.807) is 12.3 Å². The third kappa shape index (κ3) is 2.63. The third-order valence-corrected chi connectivity index (χ3v) is 1.05. The summed E-state index contributed by atoms with van der Waals surface area (Å²) in [5.41, 5.74) is 0.863. The highest BCUT2D eigenvalue weighted by molar-refractivity contribution is 6.16. The fourth-order valence-electron chi connectivity index (χ4n) is 0.397. The van der Waals surface area contributed by atoms with Gasteiger partial charge in [-0.1, -0.05) is 0 Å². The maximum atomic E-state index is 5.44. The van der Waals surface area contributed by atoms with Gasteiger partial charge in [0.25, 0.3) is 0 Å². The van der Waals surface area contributed by atoms with Gasteiger partial charge in [-0.05, 0) is 6.07 Å². The zero-order valence-electron chi connectivity index (χ0n) is 4.62. The molecule has 0 spiro atoms. The van der Waals surface area contributed by atoms with E-state index in [9.17, 15) is 0 Å². The molecule has 1 rings (SSSR count). The van der Waals surface area contributed by atoms with Crippen molar-refractivity contribution in [3.05, 3.63) is 24.3 Å². The van der Waals surface area contributed by atoms with E-state index in [2.05, 4.69) is 9.97 Å². The molecule has 0 aliphatic carbocycles. The minimum atomic E-state index is 0. The van der Waals surface area contributed by atoms with Crippen LogP contribution in [0.4, 0.5) is 0 Å². The van der Waals surface area contributed by atoms with Crippen LogP contribution in [0.2, 0.25) is 0 Å². The number of nitrogens with zero attached hydrogens (tertiary/aromatic N) is 2. The van der Waals surface area contributed by atoms with E-state index >= 15 is 0 Å². The van der Waals surface area contributed by atoms with Crippen LogP contribution in [-0.2, 0) is 5.88 Å². The molecule has 0 aromatic carbocycles. The number of halogens is 2. The first-order valence-corrected chi connectivity index (χ1v) is 2.78. The van der Waals surface area contributed by atoms with Gasteiger partial charge in [-0.25, -0.2) is 9.97 Å². The highest BCUT2D eigenvalue weighted by Gasteiger charge is 1.84. The molecule has 1 aromatic heterocycles. The summed E-state index contributed by atoms with van der Waals surface area (Å²) in [5.74, 6) is 0.461. The van der Waals surface area contributed by atoms with Crippen molar-refractivity contribution in [3.63, 3.8) is 0 Å². The maximum absolute atomic E-state index is 5.44. The summed E-state index contributed by atoms with van der Waals surface area (Å²) in [6, 6.07) is 1.78. The van der Waals surface area contributed by atoms with Crippen molar-refractivity contribution in [2.75, 3.05) is 0 Å². The van der Waals surface area contributed by atoms with Gasteiger partial charge in [0, 0.05) is 6.20 Å². The average molecular weight is 165 g/mol. The Hall–Kier alpha value is -0.340. The molecule has 0 N–H and O–H groups in total. The van der Waals surface area contributed by atoms with Crippen LogP contribution < -0.4 is 0 Å². The molecule has 9 heavy (non-hydrogen) atoms. The molecule has 0 fully saturated rings. The minimum Gasteiger partial charge on any atom is -0.245 e. The fraction of sp³-hybridized carbons (Fsp3) is 0.200. The van der Waals surface area contributed by atoms with E-state index < -0.39 is 0 Å². The van der Waals surface area contributed by atoms with Crippen LogP contribution in [0.1, 0.15) is 5.69 Å². The average Bonchev–Trinajstić information content (AvgIpc) is 1.90. The van der Waals surface area contributed by atoms with Crippen LogP contribution in [-0.4, -0.2) is 9.97 Å². The molecule has 1 aromatic rings. The molecule has 50 valence electrons. The van der Waals surface area contributed by atoms with Gasteiger partial charge in [0.05, 0.1) is 11.6 Å². The molecular weight excluding hydrogens is 159 g/mol. The Morgan fingerprint density at radius 1 is 1.56 bits per heavy atom. The highest BCUT2D eigenvalue weighted by Crippen LogP contribution is 1.93. The lowest BCUT2D eigenvalue weighted by Crippen LogP contribution is -1.82. The number of rotatable bonds is 1. The van der Waals surface area contributed by atoms with Gasteiger partial charge in [-0.3, -0.25) is 0 Å². The van der Waals surface area contributed by atoms with Crippen molar-refractivity contribution in [3.8, 4) is 0 Å². The summed E-state index contributed by atoms with van der Waals surface area (Å²) in [5, 5.41) is 0. The first-order chi connectivity index (χ1) is 3.93. The molecule has 0 unspecified atom stereocenters. The maximum Gasteiger partial charge on any atom is 0.115 e. The molecular formula is C5H6Cl2N2. The van der Waals surface area contributed by atoms with Crippen LogP contribution in [0.3, 0.4) is 0 Å². The van der Waals surface area contributed by atoms with Crippen LogP contribution in [0.15, 0.2) is 18.6 Å². The fourth-order valence-corrected chi connectivity index (χ4v) is 0.555. The molecule has 0 saturated heterocycles. The van der Waals surface area contributed by atoms with Crippen LogP contribution in [0, 0.1) is 0 Å². The van der Waals surface area contributed by atoms with Gasteiger partial charge in [0.15, 0.2) is 0 Å². The highest BCUT2D eigenvalue weighted by atomic mass is 35.5. The number of hydrogen-bond donors (Lipinski definition) is 0.